The van der Waals surface area contributed by atoms with Gasteiger partial charge in [-0.15, -0.1) is 0 Å². The quantitative estimate of drug-likeness (QED) is 0.632. The van der Waals surface area contributed by atoms with E-state index in [4.69, 9.17) is 10.00 Å². The average molecular weight is 330 g/mol. The Balaban J connectivity index is 2.19. The van der Waals surface area contributed by atoms with Crippen molar-refractivity contribution in [2.45, 2.75) is 4.90 Å². The smallest absolute Gasteiger partial charge is 0.343 e. The van der Waals surface area contributed by atoms with Gasteiger partial charge in [0.25, 0.3) is 0 Å². The first kappa shape index (κ1) is 16.7. The van der Waals surface area contributed by atoms with E-state index in [9.17, 15) is 13.2 Å². The lowest BCUT2D eigenvalue weighted by molar-refractivity contribution is 0.0734. The van der Waals surface area contributed by atoms with Crippen molar-refractivity contribution >= 4 is 16.0 Å². The third kappa shape index (κ3) is 3.74. The molecular formula is C16H14N2O4S. The van der Waals surface area contributed by atoms with Crippen molar-refractivity contribution in [1.29, 1.82) is 5.26 Å². The monoisotopic (exact) mass is 330 g/mol. The van der Waals surface area contributed by atoms with Crippen LogP contribution in [0.5, 0.6) is 5.75 Å². The van der Waals surface area contributed by atoms with Crippen molar-refractivity contribution in [3.63, 3.8) is 0 Å². The highest BCUT2D eigenvalue weighted by molar-refractivity contribution is 7.89. The molecular weight excluding hydrogens is 316 g/mol. The molecule has 0 N–H and O–H groups in total. The van der Waals surface area contributed by atoms with Crippen LogP contribution in [-0.4, -0.2) is 32.8 Å². The number of carbonyl (C=O) groups excluding carboxylic acids is 1. The fourth-order valence-corrected chi connectivity index (χ4v) is 2.67. The van der Waals surface area contributed by atoms with Crippen molar-refractivity contribution in [2.75, 3.05) is 14.1 Å². The molecule has 0 atom stereocenters. The zero-order valence-corrected chi connectivity index (χ0v) is 13.4. The summed E-state index contributed by atoms with van der Waals surface area (Å²) >= 11 is 0. The van der Waals surface area contributed by atoms with E-state index >= 15 is 0 Å². The van der Waals surface area contributed by atoms with Crippen molar-refractivity contribution in [3.8, 4) is 11.8 Å². The van der Waals surface area contributed by atoms with Gasteiger partial charge in [-0.1, -0.05) is 6.07 Å². The maximum absolute atomic E-state index is 12.0. The number of benzene rings is 2. The standard InChI is InChI=1S/C16H14N2O4S/c1-18(2)23(20,21)15-8-6-13(7-9-15)16(19)22-14-5-3-4-12(10-14)11-17/h3-10H,1-2H3. The largest absolute Gasteiger partial charge is 0.423 e. The van der Waals surface area contributed by atoms with Crippen LogP contribution in [0.2, 0.25) is 0 Å². The van der Waals surface area contributed by atoms with E-state index in [0.29, 0.717) is 5.56 Å². The molecule has 118 valence electrons. The molecule has 0 saturated heterocycles. The van der Waals surface area contributed by atoms with Gasteiger partial charge in [-0.25, -0.2) is 17.5 Å². The molecule has 0 bridgehead atoms. The summed E-state index contributed by atoms with van der Waals surface area (Å²) in [7, 11) is -0.682. The summed E-state index contributed by atoms with van der Waals surface area (Å²) in [4.78, 5) is 12.1. The van der Waals surface area contributed by atoms with Crippen molar-refractivity contribution in [2.24, 2.45) is 0 Å². The molecule has 0 fully saturated rings. The predicted octanol–water partition coefficient (Wildman–Crippen LogP) is 2.03. The minimum Gasteiger partial charge on any atom is -0.423 e. The third-order valence-corrected chi connectivity index (χ3v) is 4.87. The number of rotatable bonds is 4. The maximum Gasteiger partial charge on any atom is 0.343 e. The summed E-state index contributed by atoms with van der Waals surface area (Å²) in [6, 6.07) is 13.6. The average Bonchev–Trinajstić information content (AvgIpc) is 2.55. The normalized spacial score (nSPS) is 11.0. The van der Waals surface area contributed by atoms with Gasteiger partial charge in [0.1, 0.15) is 5.75 Å². The van der Waals surface area contributed by atoms with Crippen LogP contribution in [0.4, 0.5) is 0 Å². The number of carbonyl (C=O) groups is 1. The molecule has 2 rings (SSSR count). The number of nitriles is 1. The molecule has 6 nitrogen and oxygen atoms in total. The first-order valence-electron chi connectivity index (χ1n) is 6.59. The van der Waals surface area contributed by atoms with Gasteiger partial charge in [0.15, 0.2) is 0 Å². The molecule has 0 radical (unpaired) electrons. The van der Waals surface area contributed by atoms with E-state index in [0.717, 1.165) is 4.31 Å². The molecule has 0 aromatic heterocycles. The zero-order valence-electron chi connectivity index (χ0n) is 12.6. The Morgan fingerprint density at radius 1 is 1.13 bits per heavy atom. The van der Waals surface area contributed by atoms with Gasteiger partial charge >= 0.3 is 5.97 Å². The van der Waals surface area contributed by atoms with Crippen molar-refractivity contribution in [1.82, 2.24) is 4.31 Å². The Morgan fingerprint density at radius 3 is 2.35 bits per heavy atom. The summed E-state index contributed by atoms with van der Waals surface area (Å²) in [5, 5.41) is 8.81. The summed E-state index contributed by atoms with van der Waals surface area (Å²) in [5.41, 5.74) is 0.591. The van der Waals surface area contributed by atoms with Crippen LogP contribution in [0.15, 0.2) is 53.4 Å². The summed E-state index contributed by atoms with van der Waals surface area (Å²) in [5.74, 6) is -0.382. The maximum atomic E-state index is 12.0. The summed E-state index contributed by atoms with van der Waals surface area (Å²) < 4.78 is 30.2. The Morgan fingerprint density at radius 2 is 1.78 bits per heavy atom. The Labute approximate surface area is 134 Å². The molecule has 0 aliphatic carbocycles. The molecule has 0 aliphatic rings. The number of ether oxygens (including phenoxy) is 1. The highest BCUT2D eigenvalue weighted by Crippen LogP contribution is 2.17. The fourth-order valence-electron chi connectivity index (χ4n) is 1.77. The van der Waals surface area contributed by atoms with Gasteiger partial charge in [0, 0.05) is 14.1 Å². The van der Waals surface area contributed by atoms with Crippen molar-refractivity contribution < 1.29 is 17.9 Å². The molecule has 0 saturated carbocycles. The minimum absolute atomic E-state index is 0.0885. The zero-order chi connectivity index (χ0) is 17.0. The SMILES string of the molecule is CN(C)S(=O)(=O)c1ccc(C(=O)Oc2cccc(C#N)c2)cc1. The lowest BCUT2D eigenvalue weighted by Gasteiger charge is -2.11. The van der Waals surface area contributed by atoms with Crippen LogP contribution in [0.3, 0.4) is 0 Å². The summed E-state index contributed by atoms with van der Waals surface area (Å²) in [6.45, 7) is 0. The van der Waals surface area contributed by atoms with E-state index in [-0.39, 0.29) is 16.2 Å². The van der Waals surface area contributed by atoms with Gasteiger partial charge in [0.05, 0.1) is 22.1 Å². The molecule has 0 spiro atoms. The second-order valence-corrected chi connectivity index (χ2v) is 6.99. The van der Waals surface area contributed by atoms with Crippen molar-refractivity contribution in [3.05, 3.63) is 59.7 Å². The summed E-state index contributed by atoms with van der Waals surface area (Å²) in [6.07, 6.45) is 0. The van der Waals surface area contributed by atoms with Gasteiger partial charge in [-0.05, 0) is 42.5 Å². The van der Waals surface area contributed by atoms with Crippen LogP contribution < -0.4 is 4.74 Å². The van der Waals surface area contributed by atoms with Gasteiger partial charge in [0.2, 0.25) is 10.0 Å². The van der Waals surface area contributed by atoms with Gasteiger partial charge in [-0.3, -0.25) is 0 Å². The van der Waals surface area contributed by atoms with Crippen LogP contribution in [0.25, 0.3) is 0 Å². The molecule has 2 aromatic carbocycles. The number of esters is 1. The molecule has 0 aliphatic heterocycles. The molecule has 7 heteroatoms. The molecule has 0 amide bonds. The minimum atomic E-state index is -3.54. The molecule has 0 heterocycles. The number of sulfonamides is 1. The number of hydrogen-bond donors (Lipinski definition) is 0. The molecule has 0 unspecified atom stereocenters. The molecule has 23 heavy (non-hydrogen) atoms. The van der Waals surface area contributed by atoms with E-state index in [1.807, 2.05) is 6.07 Å². The number of hydrogen-bond acceptors (Lipinski definition) is 5. The second kappa shape index (κ2) is 6.60. The first-order chi connectivity index (χ1) is 10.8. The van der Waals surface area contributed by atoms with Crippen LogP contribution in [-0.2, 0) is 10.0 Å². The molecule has 2 aromatic rings. The predicted molar refractivity (Wildman–Crippen MR) is 83.4 cm³/mol. The van der Waals surface area contributed by atoms with Gasteiger partial charge in [-0.2, -0.15) is 5.26 Å². The topological polar surface area (TPSA) is 87.5 Å². The number of nitrogens with zero attached hydrogens (tertiary/aromatic N) is 2. The highest BCUT2D eigenvalue weighted by Gasteiger charge is 2.18. The Bertz CT molecular complexity index is 866. The fraction of sp³-hybridized carbons (Fsp3) is 0.125. The highest BCUT2D eigenvalue weighted by atomic mass is 32.2. The Kier molecular flexibility index (Phi) is 4.79. The second-order valence-electron chi connectivity index (χ2n) is 4.84. The van der Waals surface area contributed by atoms with Crippen LogP contribution >= 0.6 is 0 Å². The van der Waals surface area contributed by atoms with E-state index in [1.54, 1.807) is 18.2 Å². The Hall–Kier alpha value is -2.69. The lowest BCUT2D eigenvalue weighted by atomic mass is 10.2. The first-order valence-corrected chi connectivity index (χ1v) is 8.03. The lowest BCUT2D eigenvalue weighted by Crippen LogP contribution is -2.22. The van der Waals surface area contributed by atoms with Gasteiger partial charge < -0.3 is 4.74 Å². The van der Waals surface area contributed by atoms with E-state index in [1.165, 1.54) is 44.4 Å². The third-order valence-electron chi connectivity index (χ3n) is 3.04. The van der Waals surface area contributed by atoms with E-state index in [2.05, 4.69) is 0 Å². The van der Waals surface area contributed by atoms with E-state index < -0.39 is 16.0 Å². The van der Waals surface area contributed by atoms with Crippen LogP contribution in [0.1, 0.15) is 15.9 Å². The van der Waals surface area contributed by atoms with Crippen LogP contribution in [0, 0.1) is 11.3 Å².